The summed E-state index contributed by atoms with van der Waals surface area (Å²) in [4.78, 5) is 24.3. The molecule has 0 radical (unpaired) electrons. The highest BCUT2D eigenvalue weighted by molar-refractivity contribution is 7.90. The molecule has 2 aliphatic rings. The van der Waals surface area contributed by atoms with E-state index in [0.717, 1.165) is 73.6 Å². The molecule has 0 saturated carbocycles. The van der Waals surface area contributed by atoms with Crippen molar-refractivity contribution in [3.05, 3.63) is 58.7 Å². The molecular weight excluding hydrogens is 528 g/mol. The lowest BCUT2D eigenvalue weighted by atomic mass is 10.1. The van der Waals surface area contributed by atoms with E-state index < -0.39 is 32.1 Å². The van der Waals surface area contributed by atoms with Crippen LogP contribution in [0, 0.1) is 0 Å². The summed E-state index contributed by atoms with van der Waals surface area (Å²) in [5, 5.41) is 5.10. The molecule has 0 aliphatic heterocycles. The number of carbonyl (C=O) groups excluding carboxylic acids is 2. The molecule has 0 heterocycles. The molecule has 0 fully saturated rings. The van der Waals surface area contributed by atoms with Gasteiger partial charge in [-0.2, -0.15) is 0 Å². The Hall–Kier alpha value is -3.12. The van der Waals surface area contributed by atoms with Gasteiger partial charge in [0, 0.05) is 13.1 Å². The molecule has 0 saturated heterocycles. The Bertz CT molecular complexity index is 1300. The predicted molar refractivity (Wildman–Crippen MR) is 143 cm³/mol. The fourth-order valence-electron chi connectivity index (χ4n) is 4.87. The SMILES string of the molecule is O=C(NCCCCCCNC(=O)NS(=O)(=O)c1ccc2c(c1)CCC2)NS(=O)(=O)c1ccc2c(c1)CCC2. The smallest absolute Gasteiger partial charge is 0.328 e. The van der Waals surface area contributed by atoms with Gasteiger partial charge in [0.1, 0.15) is 0 Å². The van der Waals surface area contributed by atoms with Gasteiger partial charge in [-0.1, -0.05) is 25.0 Å². The second kappa shape index (κ2) is 12.2. The summed E-state index contributed by atoms with van der Waals surface area (Å²) in [6.07, 6.45) is 8.36. The van der Waals surface area contributed by atoms with Gasteiger partial charge in [0.25, 0.3) is 20.0 Å². The molecule has 0 atom stereocenters. The molecule has 2 aliphatic carbocycles. The van der Waals surface area contributed by atoms with Crippen molar-refractivity contribution >= 4 is 32.1 Å². The second-order valence-electron chi connectivity index (χ2n) is 9.71. The van der Waals surface area contributed by atoms with E-state index in [1.807, 2.05) is 9.44 Å². The topological polar surface area (TPSA) is 151 Å². The molecule has 38 heavy (non-hydrogen) atoms. The van der Waals surface area contributed by atoms with Crippen molar-refractivity contribution in [2.24, 2.45) is 0 Å². The summed E-state index contributed by atoms with van der Waals surface area (Å²) in [7, 11) is -7.86. The standard InChI is InChI=1S/C26H34N4O6S2/c31-25(29-37(33,34)23-13-11-19-7-5-9-21(19)17-23)27-15-3-1-2-4-16-28-26(32)30-38(35,36)24-14-12-20-8-6-10-22(20)18-24/h11-14,17-18H,1-10,15-16H2,(H2,27,29,31)(H2,28,30,32). The van der Waals surface area contributed by atoms with E-state index >= 15 is 0 Å². The van der Waals surface area contributed by atoms with Crippen LogP contribution in [-0.2, 0) is 45.7 Å². The van der Waals surface area contributed by atoms with Crippen LogP contribution in [0.2, 0.25) is 0 Å². The third-order valence-electron chi connectivity index (χ3n) is 6.89. The van der Waals surface area contributed by atoms with Crippen LogP contribution in [0.1, 0.15) is 60.8 Å². The number of fused-ring (bicyclic) bond motifs is 2. The molecule has 2 aromatic carbocycles. The number of nitrogens with one attached hydrogen (secondary N) is 4. The van der Waals surface area contributed by atoms with Crippen molar-refractivity contribution in [2.45, 2.75) is 74.0 Å². The molecule has 2 aromatic rings. The molecule has 0 bridgehead atoms. The molecule has 0 spiro atoms. The highest BCUT2D eigenvalue weighted by Crippen LogP contribution is 2.25. The number of urea groups is 2. The third-order valence-corrected chi connectivity index (χ3v) is 9.55. The van der Waals surface area contributed by atoms with Crippen LogP contribution in [0.5, 0.6) is 0 Å². The minimum atomic E-state index is -3.93. The summed E-state index contributed by atoms with van der Waals surface area (Å²) < 4.78 is 54.0. The van der Waals surface area contributed by atoms with Crippen molar-refractivity contribution in [1.82, 2.24) is 20.1 Å². The lowest BCUT2D eigenvalue weighted by Gasteiger charge is -2.10. The zero-order chi connectivity index (χ0) is 27.2. The van der Waals surface area contributed by atoms with Crippen LogP contribution in [0.4, 0.5) is 9.59 Å². The Morgan fingerprint density at radius 1 is 0.579 bits per heavy atom. The Morgan fingerprint density at radius 3 is 1.39 bits per heavy atom. The van der Waals surface area contributed by atoms with E-state index in [2.05, 4.69) is 10.6 Å². The van der Waals surface area contributed by atoms with Crippen molar-refractivity contribution < 1.29 is 26.4 Å². The Morgan fingerprint density at radius 2 is 0.974 bits per heavy atom. The number of aryl methyl sites for hydroxylation is 4. The first-order chi connectivity index (χ1) is 18.1. The van der Waals surface area contributed by atoms with Gasteiger partial charge < -0.3 is 10.6 Å². The maximum atomic E-state index is 12.5. The largest absolute Gasteiger partial charge is 0.337 e. The van der Waals surface area contributed by atoms with Gasteiger partial charge in [0.15, 0.2) is 0 Å². The molecule has 206 valence electrons. The predicted octanol–water partition coefficient (Wildman–Crippen LogP) is 2.90. The van der Waals surface area contributed by atoms with Gasteiger partial charge in [0.2, 0.25) is 0 Å². The van der Waals surface area contributed by atoms with Crippen LogP contribution >= 0.6 is 0 Å². The number of sulfonamides is 2. The van der Waals surface area contributed by atoms with Gasteiger partial charge in [0.05, 0.1) is 9.79 Å². The molecule has 4 rings (SSSR count). The summed E-state index contributed by atoms with van der Waals surface area (Å²) in [5.41, 5.74) is 4.34. The van der Waals surface area contributed by atoms with E-state index in [1.54, 1.807) is 24.3 Å². The normalized spacial score (nSPS) is 14.4. The molecule has 4 N–H and O–H groups in total. The third kappa shape index (κ3) is 7.25. The summed E-state index contributed by atoms with van der Waals surface area (Å²) >= 11 is 0. The van der Waals surface area contributed by atoms with E-state index in [4.69, 9.17) is 0 Å². The number of hydrogen-bond acceptors (Lipinski definition) is 6. The average molecular weight is 563 g/mol. The van der Waals surface area contributed by atoms with Crippen LogP contribution in [-0.4, -0.2) is 42.0 Å². The van der Waals surface area contributed by atoms with E-state index in [0.29, 0.717) is 25.9 Å². The van der Waals surface area contributed by atoms with Crippen molar-refractivity contribution in [2.75, 3.05) is 13.1 Å². The Labute approximate surface area is 224 Å². The van der Waals surface area contributed by atoms with Gasteiger partial charge in [-0.05, 0) is 97.9 Å². The second-order valence-corrected chi connectivity index (χ2v) is 13.1. The fraction of sp³-hybridized carbons (Fsp3) is 0.462. The van der Waals surface area contributed by atoms with Gasteiger partial charge in [-0.25, -0.2) is 35.9 Å². The molecular formula is C26H34N4O6S2. The highest BCUT2D eigenvalue weighted by Gasteiger charge is 2.21. The number of hydrogen-bond donors (Lipinski definition) is 4. The molecule has 0 unspecified atom stereocenters. The number of carbonyl (C=O) groups is 2. The van der Waals surface area contributed by atoms with Crippen LogP contribution in [0.25, 0.3) is 0 Å². The Kier molecular flexibility index (Phi) is 8.93. The van der Waals surface area contributed by atoms with E-state index in [9.17, 15) is 26.4 Å². The summed E-state index contributed by atoms with van der Waals surface area (Å²) in [6, 6.07) is 8.39. The van der Waals surface area contributed by atoms with E-state index in [1.165, 1.54) is 12.1 Å². The first-order valence-electron chi connectivity index (χ1n) is 13.0. The molecule has 4 amide bonds. The molecule has 12 heteroatoms. The highest BCUT2D eigenvalue weighted by atomic mass is 32.2. The van der Waals surface area contributed by atoms with Crippen molar-refractivity contribution in [1.29, 1.82) is 0 Å². The number of unbranched alkanes of at least 4 members (excludes halogenated alkanes) is 3. The molecule has 0 aromatic heterocycles. The van der Waals surface area contributed by atoms with Gasteiger partial charge in [-0.15, -0.1) is 0 Å². The Balaban J connectivity index is 1.07. The average Bonchev–Trinajstić information content (AvgIpc) is 3.53. The van der Waals surface area contributed by atoms with Crippen LogP contribution in [0.15, 0.2) is 46.2 Å². The van der Waals surface area contributed by atoms with Crippen molar-refractivity contribution in [3.8, 4) is 0 Å². The summed E-state index contributed by atoms with van der Waals surface area (Å²) in [5.74, 6) is 0. The minimum Gasteiger partial charge on any atom is -0.337 e. The first-order valence-corrected chi connectivity index (χ1v) is 16.0. The van der Waals surface area contributed by atoms with Crippen LogP contribution < -0.4 is 20.1 Å². The number of rotatable bonds is 11. The fourth-order valence-corrected chi connectivity index (χ4v) is 6.83. The van der Waals surface area contributed by atoms with Crippen molar-refractivity contribution in [3.63, 3.8) is 0 Å². The zero-order valence-electron chi connectivity index (χ0n) is 21.2. The number of benzene rings is 2. The summed E-state index contributed by atoms with van der Waals surface area (Å²) in [6.45, 7) is 0.608. The van der Waals surface area contributed by atoms with Gasteiger partial charge >= 0.3 is 12.1 Å². The maximum Gasteiger partial charge on any atom is 0.328 e. The maximum absolute atomic E-state index is 12.5. The number of amides is 4. The molecule has 10 nitrogen and oxygen atoms in total. The lowest BCUT2D eigenvalue weighted by Crippen LogP contribution is -2.40. The zero-order valence-corrected chi connectivity index (χ0v) is 22.8. The minimum absolute atomic E-state index is 0.0879. The quantitative estimate of drug-likeness (QED) is 0.309. The first kappa shape index (κ1) is 27.9. The lowest BCUT2D eigenvalue weighted by molar-refractivity contribution is 0.244. The van der Waals surface area contributed by atoms with Gasteiger partial charge in [-0.3, -0.25) is 0 Å². The van der Waals surface area contributed by atoms with E-state index in [-0.39, 0.29) is 9.79 Å². The van der Waals surface area contributed by atoms with Crippen LogP contribution in [0.3, 0.4) is 0 Å². The monoisotopic (exact) mass is 562 g/mol.